The van der Waals surface area contributed by atoms with E-state index in [1.54, 1.807) is 18.4 Å². The standard InChI is InChI=1S/C20H29N5OS/c1-5-21-20(22-12-19-14(2)23-15(3)27-19)24-16-10-11-25(13-16)17-8-6-7-9-18(17)26-4/h6-9,16H,5,10-13H2,1-4H3,(H2,21,22,24). The number of para-hydroxylation sites is 2. The summed E-state index contributed by atoms with van der Waals surface area (Å²) in [5, 5.41) is 8.05. The van der Waals surface area contributed by atoms with E-state index in [0.29, 0.717) is 12.6 Å². The number of rotatable bonds is 6. The summed E-state index contributed by atoms with van der Waals surface area (Å²) >= 11 is 1.72. The van der Waals surface area contributed by atoms with Crippen molar-refractivity contribution >= 4 is 23.0 Å². The Morgan fingerprint density at radius 1 is 1.37 bits per heavy atom. The molecule has 1 aliphatic heterocycles. The summed E-state index contributed by atoms with van der Waals surface area (Å²) in [6.07, 6.45) is 1.07. The van der Waals surface area contributed by atoms with Gasteiger partial charge in [0.25, 0.3) is 0 Å². The number of thiazole rings is 1. The fourth-order valence-electron chi connectivity index (χ4n) is 3.37. The molecule has 0 amide bonds. The van der Waals surface area contributed by atoms with Crippen LogP contribution in [-0.2, 0) is 6.54 Å². The van der Waals surface area contributed by atoms with Gasteiger partial charge in [-0.05, 0) is 39.3 Å². The molecule has 146 valence electrons. The summed E-state index contributed by atoms with van der Waals surface area (Å²) in [6, 6.07) is 8.56. The third-order valence-electron chi connectivity index (χ3n) is 4.68. The lowest BCUT2D eigenvalue weighted by Gasteiger charge is -2.22. The Hall–Kier alpha value is -2.28. The van der Waals surface area contributed by atoms with Gasteiger partial charge in [0.2, 0.25) is 0 Å². The largest absolute Gasteiger partial charge is 0.495 e. The topological polar surface area (TPSA) is 61.8 Å². The molecule has 0 bridgehead atoms. The number of hydrogen-bond donors (Lipinski definition) is 2. The van der Waals surface area contributed by atoms with Crippen molar-refractivity contribution < 1.29 is 4.74 Å². The van der Waals surface area contributed by atoms with Gasteiger partial charge in [-0.1, -0.05) is 12.1 Å². The van der Waals surface area contributed by atoms with E-state index in [-0.39, 0.29) is 0 Å². The van der Waals surface area contributed by atoms with E-state index in [4.69, 9.17) is 9.73 Å². The van der Waals surface area contributed by atoms with Crippen molar-refractivity contribution in [2.24, 2.45) is 4.99 Å². The van der Waals surface area contributed by atoms with E-state index < -0.39 is 0 Å². The predicted octanol–water partition coefficient (Wildman–Crippen LogP) is 3.10. The minimum atomic E-state index is 0.358. The molecule has 27 heavy (non-hydrogen) atoms. The number of ether oxygens (including phenoxy) is 1. The summed E-state index contributed by atoms with van der Waals surface area (Å²) < 4.78 is 5.51. The summed E-state index contributed by atoms with van der Waals surface area (Å²) in [6.45, 7) is 9.63. The van der Waals surface area contributed by atoms with Crippen LogP contribution in [0.25, 0.3) is 0 Å². The normalized spacial score (nSPS) is 17.3. The lowest BCUT2D eigenvalue weighted by atomic mass is 10.2. The Labute approximate surface area is 165 Å². The highest BCUT2D eigenvalue weighted by Crippen LogP contribution is 2.30. The summed E-state index contributed by atoms with van der Waals surface area (Å²) in [7, 11) is 1.73. The second-order valence-corrected chi connectivity index (χ2v) is 7.97. The van der Waals surface area contributed by atoms with Gasteiger partial charge in [0.05, 0.1) is 30.0 Å². The highest BCUT2D eigenvalue weighted by molar-refractivity contribution is 7.11. The maximum atomic E-state index is 5.51. The second kappa shape index (κ2) is 9.08. The van der Waals surface area contributed by atoms with Crippen LogP contribution in [0.3, 0.4) is 0 Å². The van der Waals surface area contributed by atoms with Crippen LogP contribution in [0.15, 0.2) is 29.3 Å². The third-order valence-corrected chi connectivity index (χ3v) is 5.74. The molecule has 1 aliphatic rings. The molecule has 1 atom stereocenters. The zero-order valence-corrected chi connectivity index (χ0v) is 17.4. The number of benzene rings is 1. The van der Waals surface area contributed by atoms with Gasteiger partial charge in [-0.15, -0.1) is 11.3 Å². The molecule has 1 fully saturated rings. The first-order chi connectivity index (χ1) is 13.1. The van der Waals surface area contributed by atoms with Crippen LogP contribution in [0.2, 0.25) is 0 Å². The van der Waals surface area contributed by atoms with E-state index in [2.05, 4.69) is 46.5 Å². The molecule has 3 rings (SSSR count). The number of aryl methyl sites for hydroxylation is 2. The lowest BCUT2D eigenvalue weighted by molar-refractivity contribution is 0.415. The number of methoxy groups -OCH3 is 1. The predicted molar refractivity (Wildman–Crippen MR) is 113 cm³/mol. The van der Waals surface area contributed by atoms with Crippen molar-refractivity contribution in [2.45, 2.75) is 39.8 Å². The zero-order valence-electron chi connectivity index (χ0n) is 16.6. The number of nitrogens with zero attached hydrogens (tertiary/aromatic N) is 3. The van der Waals surface area contributed by atoms with Crippen molar-refractivity contribution in [3.05, 3.63) is 39.8 Å². The van der Waals surface area contributed by atoms with Crippen molar-refractivity contribution in [1.82, 2.24) is 15.6 Å². The Bertz CT molecular complexity index is 788. The summed E-state index contributed by atoms with van der Waals surface area (Å²) in [4.78, 5) is 12.9. The van der Waals surface area contributed by atoms with Crippen LogP contribution >= 0.6 is 11.3 Å². The third kappa shape index (κ3) is 4.91. The van der Waals surface area contributed by atoms with Crippen LogP contribution in [0.1, 0.15) is 28.9 Å². The first kappa shape index (κ1) is 19.5. The molecule has 2 N–H and O–H groups in total. The minimum absolute atomic E-state index is 0.358. The Morgan fingerprint density at radius 3 is 2.89 bits per heavy atom. The van der Waals surface area contributed by atoms with Gasteiger partial charge in [-0.3, -0.25) is 0 Å². The average Bonchev–Trinajstić information content (AvgIpc) is 3.25. The molecule has 2 heterocycles. The van der Waals surface area contributed by atoms with Gasteiger partial charge in [0, 0.05) is 30.6 Å². The summed E-state index contributed by atoms with van der Waals surface area (Å²) in [5.74, 6) is 1.80. The number of hydrogen-bond acceptors (Lipinski definition) is 5. The average molecular weight is 388 g/mol. The molecule has 0 saturated carbocycles. The Morgan fingerprint density at radius 2 is 2.19 bits per heavy atom. The molecule has 1 saturated heterocycles. The van der Waals surface area contributed by atoms with E-state index in [1.165, 1.54) is 4.88 Å². The van der Waals surface area contributed by atoms with Crippen LogP contribution < -0.4 is 20.3 Å². The van der Waals surface area contributed by atoms with Gasteiger partial charge in [-0.2, -0.15) is 0 Å². The van der Waals surface area contributed by atoms with Crippen LogP contribution in [0.5, 0.6) is 5.75 Å². The van der Waals surface area contributed by atoms with E-state index >= 15 is 0 Å². The lowest BCUT2D eigenvalue weighted by Crippen LogP contribution is -2.44. The van der Waals surface area contributed by atoms with E-state index in [0.717, 1.165) is 54.2 Å². The quantitative estimate of drug-likeness (QED) is 0.589. The number of anilines is 1. The first-order valence-corrected chi connectivity index (χ1v) is 10.3. The van der Waals surface area contributed by atoms with Crippen LogP contribution in [-0.4, -0.2) is 43.7 Å². The SMILES string of the molecule is CCNC(=NCc1sc(C)nc1C)NC1CCN(c2ccccc2OC)C1. The molecule has 7 heteroatoms. The molecule has 2 aromatic rings. The molecule has 0 radical (unpaired) electrons. The maximum Gasteiger partial charge on any atom is 0.191 e. The van der Waals surface area contributed by atoms with Crippen molar-refractivity contribution in [3.63, 3.8) is 0 Å². The van der Waals surface area contributed by atoms with Gasteiger partial charge in [-0.25, -0.2) is 9.98 Å². The highest BCUT2D eigenvalue weighted by Gasteiger charge is 2.25. The Balaban J connectivity index is 1.63. The van der Waals surface area contributed by atoms with Gasteiger partial charge < -0.3 is 20.3 Å². The number of nitrogens with one attached hydrogen (secondary N) is 2. The van der Waals surface area contributed by atoms with Crippen molar-refractivity contribution in [2.75, 3.05) is 31.6 Å². The zero-order chi connectivity index (χ0) is 19.2. The minimum Gasteiger partial charge on any atom is -0.495 e. The molecule has 0 aliphatic carbocycles. The number of guanidine groups is 1. The Kier molecular flexibility index (Phi) is 6.55. The van der Waals surface area contributed by atoms with Gasteiger partial charge >= 0.3 is 0 Å². The van der Waals surface area contributed by atoms with Gasteiger partial charge in [0.15, 0.2) is 5.96 Å². The fraction of sp³-hybridized carbons (Fsp3) is 0.500. The smallest absolute Gasteiger partial charge is 0.191 e. The molecule has 1 unspecified atom stereocenters. The molecule has 0 spiro atoms. The first-order valence-electron chi connectivity index (χ1n) is 9.46. The van der Waals surface area contributed by atoms with Gasteiger partial charge in [0.1, 0.15) is 5.75 Å². The van der Waals surface area contributed by atoms with E-state index in [9.17, 15) is 0 Å². The highest BCUT2D eigenvalue weighted by atomic mass is 32.1. The monoisotopic (exact) mass is 387 g/mol. The van der Waals surface area contributed by atoms with Crippen molar-refractivity contribution in [1.29, 1.82) is 0 Å². The summed E-state index contributed by atoms with van der Waals surface area (Å²) in [5.41, 5.74) is 2.24. The molecular formula is C20H29N5OS. The number of aromatic nitrogens is 1. The fourth-order valence-corrected chi connectivity index (χ4v) is 4.23. The van der Waals surface area contributed by atoms with Crippen LogP contribution in [0.4, 0.5) is 5.69 Å². The van der Waals surface area contributed by atoms with Crippen molar-refractivity contribution in [3.8, 4) is 5.75 Å². The molecule has 1 aromatic carbocycles. The van der Waals surface area contributed by atoms with Crippen LogP contribution in [0, 0.1) is 13.8 Å². The van der Waals surface area contributed by atoms with E-state index in [1.807, 2.05) is 19.1 Å². The molecule has 6 nitrogen and oxygen atoms in total. The molecular weight excluding hydrogens is 358 g/mol. The number of aliphatic imine (C=N–C) groups is 1. The second-order valence-electron chi connectivity index (χ2n) is 6.68. The maximum absolute atomic E-state index is 5.51. The molecule has 1 aromatic heterocycles.